The van der Waals surface area contributed by atoms with Crippen molar-refractivity contribution in [1.82, 2.24) is 0 Å². The Kier molecular flexibility index (Phi) is 15.6. The summed E-state index contributed by atoms with van der Waals surface area (Å²) in [6, 6.07) is 63.5. The van der Waals surface area contributed by atoms with E-state index in [0.29, 0.717) is 0 Å². The second-order valence-electron chi connectivity index (χ2n) is 28.6. The van der Waals surface area contributed by atoms with E-state index in [1.807, 2.05) is 0 Å². The number of hydrogen-bond acceptors (Lipinski definition) is 0. The number of halogens is 2. The normalized spacial score (nSPS) is 16.8. The molecule has 0 nitrogen and oxygen atoms in total. The maximum absolute atomic E-state index is 9.93. The molecule has 0 spiro atoms. The quantitative estimate of drug-likeness (QED) is 0.101. The summed E-state index contributed by atoms with van der Waals surface area (Å²) in [7, 11) is 18.9. The number of unbranched alkanes of at least 4 members (excludes halogenated alkanes) is 2. The minimum absolute atomic E-state index is 0.0681. The molecule has 8 aromatic rings. The molecular weight excluding hydrogens is 1130 g/mol. The van der Waals surface area contributed by atoms with Gasteiger partial charge in [-0.1, -0.05) is 0 Å². The van der Waals surface area contributed by atoms with E-state index in [0.717, 1.165) is 38.5 Å². The van der Waals surface area contributed by atoms with Crippen LogP contribution in [0.2, 0.25) is 0 Å². The second-order valence-corrected chi connectivity index (χ2v) is 51.1. The van der Waals surface area contributed by atoms with Gasteiger partial charge in [-0.25, -0.2) is 0 Å². The molecule has 0 fully saturated rings. The number of benzene rings is 8. The zero-order chi connectivity index (χ0) is 58.3. The summed E-state index contributed by atoms with van der Waals surface area (Å²) >= 11 is -6.02. The van der Waals surface area contributed by atoms with Gasteiger partial charge >= 0.3 is 508 Å². The van der Waals surface area contributed by atoms with Crippen molar-refractivity contribution < 1.29 is 16.4 Å². The van der Waals surface area contributed by atoms with Crippen LogP contribution >= 0.6 is 17.0 Å². The first-order valence-electron chi connectivity index (χ1n) is 30.8. The van der Waals surface area contributed by atoms with Gasteiger partial charge in [-0.15, -0.1) is 0 Å². The van der Waals surface area contributed by atoms with Gasteiger partial charge in [-0.05, 0) is 0 Å². The molecule has 8 aromatic carbocycles. The zero-order valence-corrected chi connectivity index (χ0v) is 57.0. The predicted octanol–water partition coefficient (Wildman–Crippen LogP) is 20.9. The Morgan fingerprint density at radius 3 is 1.20 bits per heavy atom. The zero-order valence-electron chi connectivity index (χ0n) is 51.6. The van der Waals surface area contributed by atoms with Crippen LogP contribution in [-0.4, -0.2) is 9.52 Å². The van der Waals surface area contributed by atoms with Crippen molar-refractivity contribution >= 4 is 52.3 Å². The molecule has 0 amide bonds. The first-order valence-corrected chi connectivity index (χ1v) is 42.6. The van der Waals surface area contributed by atoms with E-state index in [1.165, 1.54) is 125 Å². The van der Waals surface area contributed by atoms with E-state index < -0.39 is 25.9 Å². The van der Waals surface area contributed by atoms with Crippen LogP contribution < -0.4 is 13.6 Å². The summed E-state index contributed by atoms with van der Waals surface area (Å²) < 4.78 is 0.909. The molecule has 11 rings (SSSR count). The van der Waals surface area contributed by atoms with Gasteiger partial charge in [0, 0.05) is 0 Å². The van der Waals surface area contributed by atoms with Crippen LogP contribution in [0.3, 0.4) is 0 Å². The number of fused-ring (bicyclic) bond motifs is 5. The van der Waals surface area contributed by atoms with Crippen LogP contribution in [0, 0.1) is 0 Å². The fourth-order valence-electron chi connectivity index (χ4n) is 14.2. The summed E-state index contributed by atoms with van der Waals surface area (Å²) in [4.78, 5) is 0. The molecule has 0 radical (unpaired) electrons. The van der Waals surface area contributed by atoms with Gasteiger partial charge in [-0.3, -0.25) is 0 Å². The van der Waals surface area contributed by atoms with Gasteiger partial charge in [0.25, 0.3) is 0 Å². The van der Waals surface area contributed by atoms with E-state index in [4.69, 9.17) is 0 Å². The average Bonchev–Trinajstić information content (AvgIpc) is 1.50. The number of allylic oxidation sites excluding steroid dienone is 2. The Bertz CT molecular complexity index is 3560. The third kappa shape index (κ3) is 10.5. The van der Waals surface area contributed by atoms with Crippen molar-refractivity contribution in [3.05, 3.63) is 219 Å². The minimum atomic E-state index is -6.02. The molecule has 2 atom stereocenters. The van der Waals surface area contributed by atoms with E-state index in [9.17, 15) is 17.0 Å². The molecular formula is C78H87Cl2SiZr. The topological polar surface area (TPSA) is 0 Å². The fourth-order valence-corrected chi connectivity index (χ4v) is 42.1. The van der Waals surface area contributed by atoms with Crippen molar-refractivity contribution in [2.24, 2.45) is 0 Å². The molecule has 3 aliphatic rings. The van der Waals surface area contributed by atoms with Crippen LogP contribution in [0.1, 0.15) is 187 Å². The molecule has 0 saturated heterocycles. The molecule has 421 valence electrons. The number of hydrogen-bond donors (Lipinski definition) is 0. The molecule has 1 aliphatic heterocycles. The molecule has 0 aromatic heterocycles. The van der Waals surface area contributed by atoms with E-state index in [2.05, 4.69) is 273 Å². The summed E-state index contributed by atoms with van der Waals surface area (Å²) in [6.45, 7) is 33.0. The van der Waals surface area contributed by atoms with Crippen molar-refractivity contribution in [3.8, 4) is 55.6 Å². The van der Waals surface area contributed by atoms with Crippen LogP contribution in [0.25, 0.3) is 67.8 Å². The summed E-state index contributed by atoms with van der Waals surface area (Å²) in [6.07, 6.45) is 11.4. The number of rotatable bonds is 13. The SMILES string of the molecule is CCCCC1=Cc2c(ccc(-c3ccccc3)c2-c2cc(C(C)(C)C)cc(C(C)(C)C)c2)[CH]1[Zr]([Cl])([Cl])([c]1cccc2c1[SiH2]c1ccccc1-2)[CH]1C(CCCC)=Cc2c1ccc(-c1ccccc1)c2-c1cc(C(C)(C)C)cc(C(C)(C)C)c1. The van der Waals surface area contributed by atoms with E-state index in [-0.39, 0.29) is 28.9 Å². The van der Waals surface area contributed by atoms with Crippen LogP contribution in [0.5, 0.6) is 0 Å². The van der Waals surface area contributed by atoms with Crippen molar-refractivity contribution in [3.63, 3.8) is 0 Å². The molecule has 2 aliphatic carbocycles. The Labute approximate surface area is 504 Å². The second kappa shape index (κ2) is 21.8. The van der Waals surface area contributed by atoms with Crippen LogP contribution in [0.4, 0.5) is 0 Å². The summed E-state index contributed by atoms with van der Waals surface area (Å²) in [5.74, 6) is 0. The van der Waals surface area contributed by atoms with Gasteiger partial charge in [0.2, 0.25) is 0 Å². The molecule has 1 heterocycles. The molecule has 2 unspecified atom stereocenters. The predicted molar refractivity (Wildman–Crippen MR) is 361 cm³/mol. The fraction of sp³-hybridized carbons (Fsp3) is 0.333. The van der Waals surface area contributed by atoms with E-state index in [1.54, 1.807) is 0 Å². The molecule has 82 heavy (non-hydrogen) atoms. The Morgan fingerprint density at radius 2 is 0.793 bits per heavy atom. The van der Waals surface area contributed by atoms with Crippen molar-refractivity contribution in [2.45, 2.75) is 164 Å². The Balaban J connectivity index is 1.28. The Hall–Kier alpha value is -5.08. The third-order valence-electron chi connectivity index (χ3n) is 18.7. The van der Waals surface area contributed by atoms with Gasteiger partial charge in [0.05, 0.1) is 0 Å². The molecule has 4 heteroatoms. The monoisotopic (exact) mass is 1210 g/mol. The maximum atomic E-state index is 9.93. The van der Waals surface area contributed by atoms with Crippen molar-refractivity contribution in [1.29, 1.82) is 0 Å². The van der Waals surface area contributed by atoms with Crippen LogP contribution in [-0.2, 0) is 38.1 Å². The van der Waals surface area contributed by atoms with E-state index >= 15 is 0 Å². The summed E-state index contributed by atoms with van der Waals surface area (Å²) in [5, 5.41) is 2.96. The summed E-state index contributed by atoms with van der Waals surface area (Å²) in [5.41, 5.74) is 25.9. The van der Waals surface area contributed by atoms with Crippen LogP contribution in [0.15, 0.2) is 175 Å². The molecule has 0 bridgehead atoms. The first kappa shape index (κ1) is 58.7. The van der Waals surface area contributed by atoms with Gasteiger partial charge in [0.15, 0.2) is 0 Å². The van der Waals surface area contributed by atoms with Gasteiger partial charge in [0.1, 0.15) is 0 Å². The third-order valence-corrected chi connectivity index (χ3v) is 41.5. The average molecular weight is 1210 g/mol. The first-order chi connectivity index (χ1) is 38.8. The van der Waals surface area contributed by atoms with Gasteiger partial charge in [-0.2, -0.15) is 0 Å². The molecule has 0 N–H and O–H groups in total. The van der Waals surface area contributed by atoms with Crippen molar-refractivity contribution in [2.75, 3.05) is 0 Å². The Morgan fingerprint density at radius 1 is 0.402 bits per heavy atom. The molecule has 0 saturated carbocycles. The standard InChI is InChI=1S/2C33H39.C12H9Si.2ClH.Zr/c2*1-8-9-13-23-18-25-16-17-29(24-14-11-10-12-15-24)31(30(25)19-23)26-20-27(32(2,3)4)22-28(21-26)33(5,6)7;1-3-7-11-9(5-1)10-6-2-4-8-12(10)13-11;;;/h2*10-12,14-22H,8-9,13H2,1-7H3;1-7H,13H2;2*1H;/q;;;;;+2/p-2. The van der Waals surface area contributed by atoms with Gasteiger partial charge < -0.3 is 0 Å².